The van der Waals surface area contributed by atoms with E-state index in [1.807, 2.05) is 17.0 Å². The number of phenolic OH excluding ortho intramolecular Hbond substituents is 1. The first kappa shape index (κ1) is 19.9. The number of fused-ring (bicyclic) bond motifs is 1. The van der Waals surface area contributed by atoms with Gasteiger partial charge < -0.3 is 24.8 Å². The Morgan fingerprint density at radius 2 is 1.81 bits per heavy atom. The maximum atomic E-state index is 13.4. The van der Waals surface area contributed by atoms with Crippen LogP contribution >= 0.6 is 0 Å². The van der Waals surface area contributed by atoms with Gasteiger partial charge in [-0.2, -0.15) is 0 Å². The molecule has 0 radical (unpaired) electrons. The number of aromatic nitrogens is 1. The number of carbonyl (C=O) groups excluding carboxylic acids is 1. The van der Waals surface area contributed by atoms with Crippen LogP contribution in [0.4, 0.5) is 9.18 Å². The Bertz CT molecular complexity index is 1090. The highest BCUT2D eigenvalue weighted by Crippen LogP contribution is 2.37. The minimum absolute atomic E-state index is 0.0447. The summed E-state index contributed by atoms with van der Waals surface area (Å²) in [4.78, 5) is 16.0. The van der Waals surface area contributed by atoms with Crippen molar-refractivity contribution < 1.29 is 14.3 Å². The number of likely N-dealkylation sites (tertiary alicyclic amines) is 1. The lowest BCUT2D eigenvalue weighted by molar-refractivity contribution is 0.181. The predicted octanol–water partition coefficient (Wildman–Crippen LogP) is 3.68. The molecule has 2 amide bonds. The van der Waals surface area contributed by atoms with Crippen LogP contribution in [0.1, 0.15) is 24.3 Å². The van der Waals surface area contributed by atoms with E-state index in [4.69, 9.17) is 0 Å². The van der Waals surface area contributed by atoms with Crippen molar-refractivity contribution in [2.75, 3.05) is 39.3 Å². The van der Waals surface area contributed by atoms with Gasteiger partial charge in [0.05, 0.1) is 5.52 Å². The molecule has 2 aromatic carbocycles. The highest BCUT2D eigenvalue weighted by Gasteiger charge is 2.26. The third-order valence-corrected chi connectivity index (χ3v) is 6.58. The zero-order valence-corrected chi connectivity index (χ0v) is 17.4. The van der Waals surface area contributed by atoms with Crippen LogP contribution in [0.15, 0.2) is 48.7 Å². The Kier molecular flexibility index (Phi) is 5.28. The normalized spacial score (nSPS) is 18.1. The van der Waals surface area contributed by atoms with E-state index in [1.54, 1.807) is 18.2 Å². The average Bonchev–Trinajstić information content (AvgIpc) is 3.36. The van der Waals surface area contributed by atoms with Crippen LogP contribution in [0, 0.1) is 5.82 Å². The molecule has 2 saturated heterocycles. The lowest BCUT2D eigenvalue weighted by atomic mass is 9.89. The topological polar surface area (TPSA) is 60.7 Å². The molecule has 0 unspecified atom stereocenters. The van der Waals surface area contributed by atoms with Crippen LogP contribution in [-0.4, -0.2) is 64.8 Å². The minimum atomic E-state index is -0.253. The van der Waals surface area contributed by atoms with E-state index in [0.29, 0.717) is 5.92 Å². The van der Waals surface area contributed by atoms with Gasteiger partial charge in [0.25, 0.3) is 0 Å². The van der Waals surface area contributed by atoms with E-state index in [1.165, 1.54) is 17.7 Å². The molecule has 2 aliphatic rings. The summed E-state index contributed by atoms with van der Waals surface area (Å²) in [5.41, 5.74) is 3.15. The van der Waals surface area contributed by atoms with E-state index >= 15 is 0 Å². The summed E-state index contributed by atoms with van der Waals surface area (Å²) < 4.78 is 15.5. The number of rotatable bonds is 5. The summed E-state index contributed by atoms with van der Waals surface area (Å²) in [6.07, 6.45) is 4.21. The zero-order valence-electron chi connectivity index (χ0n) is 17.4. The number of benzene rings is 2. The smallest absolute Gasteiger partial charge is 0.317 e. The van der Waals surface area contributed by atoms with Gasteiger partial charge in [0.15, 0.2) is 0 Å². The summed E-state index contributed by atoms with van der Waals surface area (Å²) in [5.74, 6) is 0.404. The highest BCUT2D eigenvalue weighted by molar-refractivity contribution is 5.87. The van der Waals surface area contributed by atoms with Gasteiger partial charge in [0, 0.05) is 43.4 Å². The summed E-state index contributed by atoms with van der Waals surface area (Å²) in [6.45, 7) is 5.18. The maximum absolute atomic E-state index is 13.4. The van der Waals surface area contributed by atoms with Crippen molar-refractivity contribution in [2.45, 2.75) is 18.8 Å². The minimum Gasteiger partial charge on any atom is -0.508 e. The van der Waals surface area contributed by atoms with E-state index in [0.717, 1.165) is 68.7 Å². The van der Waals surface area contributed by atoms with Crippen LogP contribution in [0.5, 0.6) is 5.75 Å². The third-order valence-electron chi connectivity index (χ3n) is 6.58. The van der Waals surface area contributed by atoms with E-state index in [9.17, 15) is 14.3 Å². The molecule has 162 valence electrons. The first-order valence-electron chi connectivity index (χ1n) is 10.9. The number of nitrogens with one attached hydrogen (secondary N) is 1. The molecule has 0 spiro atoms. The standard InChI is InChI=1S/C24H27FN4O2/c25-18-1-3-19(4-2-18)29-16-22(21-15-20(30)5-6-23(21)29)17-7-10-27(11-8-17)13-14-28-12-9-26-24(28)31/h1-6,15-17,30H,7-14H2,(H,26,31). The summed E-state index contributed by atoms with van der Waals surface area (Å²) in [5, 5.41) is 14.0. The highest BCUT2D eigenvalue weighted by atomic mass is 19.1. The molecule has 2 fully saturated rings. The Balaban J connectivity index is 1.34. The summed E-state index contributed by atoms with van der Waals surface area (Å²) >= 11 is 0. The number of halogens is 1. The molecule has 6 nitrogen and oxygen atoms in total. The summed E-state index contributed by atoms with van der Waals surface area (Å²) in [7, 11) is 0. The van der Waals surface area contributed by atoms with Gasteiger partial charge in [-0.05, 0) is 79.9 Å². The molecule has 0 saturated carbocycles. The number of aromatic hydroxyl groups is 1. The molecule has 0 aliphatic carbocycles. The number of carbonyl (C=O) groups is 1. The van der Waals surface area contributed by atoms with Crippen molar-refractivity contribution in [2.24, 2.45) is 0 Å². The van der Waals surface area contributed by atoms with Gasteiger partial charge in [-0.1, -0.05) is 0 Å². The number of hydrogen-bond donors (Lipinski definition) is 2. The average molecular weight is 423 g/mol. The molecular formula is C24H27FN4O2. The second kappa shape index (κ2) is 8.23. The van der Waals surface area contributed by atoms with Crippen LogP contribution in [0.25, 0.3) is 16.6 Å². The summed E-state index contributed by atoms with van der Waals surface area (Å²) in [6, 6.07) is 12.0. The Morgan fingerprint density at radius 3 is 2.52 bits per heavy atom. The third kappa shape index (κ3) is 3.97. The van der Waals surface area contributed by atoms with Gasteiger partial charge in [-0.3, -0.25) is 0 Å². The molecule has 0 atom stereocenters. The molecule has 1 aromatic heterocycles. The Labute approximate surface area is 180 Å². The largest absolute Gasteiger partial charge is 0.508 e. The van der Waals surface area contributed by atoms with E-state index in [-0.39, 0.29) is 17.6 Å². The molecule has 3 heterocycles. The lowest BCUT2D eigenvalue weighted by Crippen LogP contribution is -2.40. The maximum Gasteiger partial charge on any atom is 0.317 e. The number of amides is 2. The fourth-order valence-electron chi connectivity index (χ4n) is 4.84. The molecule has 31 heavy (non-hydrogen) atoms. The van der Waals surface area contributed by atoms with Gasteiger partial charge >= 0.3 is 6.03 Å². The van der Waals surface area contributed by atoms with Crippen LogP contribution < -0.4 is 5.32 Å². The monoisotopic (exact) mass is 422 g/mol. The number of urea groups is 1. The predicted molar refractivity (Wildman–Crippen MR) is 118 cm³/mol. The second-order valence-electron chi connectivity index (χ2n) is 8.47. The van der Waals surface area contributed by atoms with E-state index < -0.39 is 0 Å². The molecule has 7 heteroatoms. The first-order chi connectivity index (χ1) is 15.1. The lowest BCUT2D eigenvalue weighted by Gasteiger charge is -2.32. The Hall–Kier alpha value is -3.06. The van der Waals surface area contributed by atoms with Crippen molar-refractivity contribution in [3.63, 3.8) is 0 Å². The van der Waals surface area contributed by atoms with Crippen molar-refractivity contribution in [3.05, 3.63) is 60.0 Å². The molecular weight excluding hydrogens is 395 g/mol. The number of nitrogens with zero attached hydrogens (tertiary/aromatic N) is 3. The van der Waals surface area contributed by atoms with Crippen LogP contribution in [0.2, 0.25) is 0 Å². The fourth-order valence-corrected chi connectivity index (χ4v) is 4.84. The fraction of sp³-hybridized carbons (Fsp3) is 0.375. The van der Waals surface area contributed by atoms with Crippen molar-refractivity contribution in [1.29, 1.82) is 0 Å². The van der Waals surface area contributed by atoms with Crippen molar-refractivity contribution in [1.82, 2.24) is 19.7 Å². The zero-order chi connectivity index (χ0) is 21.4. The molecule has 2 N–H and O–H groups in total. The van der Waals surface area contributed by atoms with Crippen LogP contribution in [0.3, 0.4) is 0 Å². The van der Waals surface area contributed by atoms with Crippen molar-refractivity contribution >= 4 is 16.9 Å². The van der Waals surface area contributed by atoms with Crippen LogP contribution in [-0.2, 0) is 0 Å². The van der Waals surface area contributed by atoms with Gasteiger partial charge in [-0.25, -0.2) is 9.18 Å². The van der Waals surface area contributed by atoms with Gasteiger partial charge in [-0.15, -0.1) is 0 Å². The molecule has 3 aromatic rings. The van der Waals surface area contributed by atoms with Gasteiger partial charge in [0.2, 0.25) is 0 Å². The molecule has 0 bridgehead atoms. The first-order valence-corrected chi connectivity index (χ1v) is 10.9. The van der Waals surface area contributed by atoms with Gasteiger partial charge in [0.1, 0.15) is 11.6 Å². The molecule has 2 aliphatic heterocycles. The second-order valence-corrected chi connectivity index (χ2v) is 8.47. The van der Waals surface area contributed by atoms with E-state index in [2.05, 4.69) is 21.0 Å². The number of hydrogen-bond acceptors (Lipinski definition) is 3. The number of phenols is 1. The SMILES string of the molecule is O=C1NCCN1CCN1CCC(c2cn(-c3ccc(F)cc3)c3ccc(O)cc23)CC1. The molecule has 5 rings (SSSR count). The van der Waals surface area contributed by atoms with Crippen molar-refractivity contribution in [3.8, 4) is 11.4 Å². The Morgan fingerprint density at radius 1 is 1.03 bits per heavy atom. The number of piperidine rings is 1. The quantitative estimate of drug-likeness (QED) is 0.660.